The fraction of sp³-hybridized carbons (Fsp3) is 0.467. The molecule has 1 N–H and O–H groups in total. The van der Waals surface area contributed by atoms with Gasteiger partial charge in [0.15, 0.2) is 0 Å². The highest BCUT2D eigenvalue weighted by atomic mass is 35.5. The van der Waals surface area contributed by atoms with Crippen molar-refractivity contribution in [3.8, 4) is 0 Å². The van der Waals surface area contributed by atoms with Crippen LogP contribution in [0.2, 0.25) is 10.0 Å². The maximum Gasteiger partial charge on any atom is 0.137 e. The summed E-state index contributed by atoms with van der Waals surface area (Å²) in [5.74, 6) is 1.30. The summed E-state index contributed by atoms with van der Waals surface area (Å²) in [5.41, 5.74) is 1.94. The minimum absolute atomic E-state index is 0.351. The van der Waals surface area contributed by atoms with E-state index in [2.05, 4.69) is 33.0 Å². The molecule has 104 valence electrons. The van der Waals surface area contributed by atoms with E-state index in [-0.39, 0.29) is 0 Å². The number of hydrogen-bond donors (Lipinski definition) is 1. The number of rotatable bonds is 4. The maximum atomic E-state index is 6.32. The van der Waals surface area contributed by atoms with Crippen LogP contribution in [0.3, 0.4) is 0 Å². The Morgan fingerprint density at radius 3 is 2.42 bits per heavy atom. The first-order valence-electron chi connectivity index (χ1n) is 6.53. The van der Waals surface area contributed by atoms with Gasteiger partial charge in [0.25, 0.3) is 0 Å². The fourth-order valence-corrected chi connectivity index (χ4v) is 2.83. The van der Waals surface area contributed by atoms with Crippen LogP contribution < -0.4 is 5.32 Å². The van der Waals surface area contributed by atoms with Crippen molar-refractivity contribution >= 4 is 34.2 Å². The van der Waals surface area contributed by atoms with Gasteiger partial charge in [-0.15, -0.1) is 0 Å². The smallest absolute Gasteiger partial charge is 0.137 e. The zero-order valence-electron chi connectivity index (χ0n) is 11.7. The lowest BCUT2D eigenvalue weighted by molar-refractivity contribution is 0.480. The molecule has 2 aromatic rings. The van der Waals surface area contributed by atoms with Crippen LogP contribution in [-0.4, -0.2) is 6.04 Å². The second-order valence-electron chi connectivity index (χ2n) is 5.39. The van der Waals surface area contributed by atoms with Crippen molar-refractivity contribution in [3.63, 3.8) is 0 Å². The van der Waals surface area contributed by atoms with Gasteiger partial charge in [-0.3, -0.25) is 0 Å². The van der Waals surface area contributed by atoms with E-state index >= 15 is 0 Å². The number of furan rings is 1. The molecule has 4 heteroatoms. The molecular weight excluding hydrogens is 281 g/mol. The van der Waals surface area contributed by atoms with Crippen LogP contribution in [0.1, 0.15) is 44.9 Å². The second kappa shape index (κ2) is 5.74. The summed E-state index contributed by atoms with van der Waals surface area (Å²) in [4.78, 5) is 0. The van der Waals surface area contributed by atoms with Crippen molar-refractivity contribution in [2.24, 2.45) is 0 Å². The molecule has 0 aliphatic rings. The van der Waals surface area contributed by atoms with Crippen molar-refractivity contribution in [1.29, 1.82) is 0 Å². The molecule has 0 aliphatic heterocycles. The molecule has 2 rings (SSSR count). The van der Waals surface area contributed by atoms with E-state index in [1.165, 1.54) is 5.56 Å². The summed E-state index contributed by atoms with van der Waals surface area (Å²) in [5, 5.41) is 5.63. The lowest BCUT2D eigenvalue weighted by Crippen LogP contribution is -2.22. The van der Waals surface area contributed by atoms with Gasteiger partial charge in [-0.2, -0.15) is 0 Å². The number of halogens is 2. The number of fused-ring (bicyclic) bond motifs is 1. The van der Waals surface area contributed by atoms with E-state index in [9.17, 15) is 0 Å². The van der Waals surface area contributed by atoms with Crippen LogP contribution in [-0.2, 0) is 6.54 Å². The first-order chi connectivity index (χ1) is 8.90. The van der Waals surface area contributed by atoms with Gasteiger partial charge < -0.3 is 9.73 Å². The van der Waals surface area contributed by atoms with Gasteiger partial charge in [0, 0.05) is 28.1 Å². The molecule has 0 bridgehead atoms. The third-order valence-corrected chi connectivity index (χ3v) is 3.59. The number of benzene rings is 1. The third kappa shape index (κ3) is 3.07. The van der Waals surface area contributed by atoms with Crippen LogP contribution in [0.4, 0.5) is 0 Å². The Bertz CT molecular complexity index is 587. The molecule has 19 heavy (non-hydrogen) atoms. The van der Waals surface area contributed by atoms with Gasteiger partial charge in [0.05, 0.1) is 11.6 Å². The van der Waals surface area contributed by atoms with Gasteiger partial charge in [0.1, 0.15) is 11.3 Å². The molecule has 0 saturated carbocycles. The monoisotopic (exact) mass is 299 g/mol. The van der Waals surface area contributed by atoms with E-state index < -0.39 is 0 Å². The molecule has 1 heterocycles. The number of hydrogen-bond acceptors (Lipinski definition) is 2. The summed E-state index contributed by atoms with van der Waals surface area (Å²) in [7, 11) is 0. The van der Waals surface area contributed by atoms with Crippen LogP contribution in [0, 0.1) is 0 Å². The summed E-state index contributed by atoms with van der Waals surface area (Å²) in [6.07, 6.45) is 0. The van der Waals surface area contributed by atoms with Crippen LogP contribution >= 0.6 is 23.2 Å². The topological polar surface area (TPSA) is 25.2 Å². The first kappa shape index (κ1) is 14.7. The minimum atomic E-state index is 0.351. The van der Waals surface area contributed by atoms with Gasteiger partial charge in [0.2, 0.25) is 0 Å². The van der Waals surface area contributed by atoms with Crippen molar-refractivity contribution in [2.45, 2.75) is 46.2 Å². The summed E-state index contributed by atoms with van der Waals surface area (Å²) < 4.78 is 5.94. The Morgan fingerprint density at radius 2 is 1.84 bits per heavy atom. The SMILES string of the molecule is CC(C)NCc1oc2cc(Cl)cc(Cl)c2c1C(C)C. The second-order valence-corrected chi connectivity index (χ2v) is 6.23. The Kier molecular flexibility index (Phi) is 4.44. The Hall–Kier alpha value is -0.700. The summed E-state index contributed by atoms with van der Waals surface area (Å²) in [6, 6.07) is 4.01. The fourth-order valence-electron chi connectivity index (χ4n) is 2.26. The highest BCUT2D eigenvalue weighted by Gasteiger charge is 2.19. The van der Waals surface area contributed by atoms with E-state index in [1.807, 2.05) is 6.07 Å². The molecule has 0 aliphatic carbocycles. The first-order valence-corrected chi connectivity index (χ1v) is 7.29. The predicted molar refractivity (Wildman–Crippen MR) is 82.3 cm³/mol. The molecule has 0 atom stereocenters. The molecule has 0 fully saturated rings. The molecule has 1 aromatic heterocycles. The normalized spacial score (nSPS) is 12.0. The van der Waals surface area contributed by atoms with Crippen LogP contribution in [0.15, 0.2) is 16.5 Å². The number of nitrogens with one attached hydrogen (secondary N) is 1. The Morgan fingerprint density at radius 1 is 1.16 bits per heavy atom. The lowest BCUT2D eigenvalue weighted by atomic mass is 9.99. The zero-order valence-corrected chi connectivity index (χ0v) is 13.2. The van der Waals surface area contributed by atoms with Gasteiger partial charge in [-0.05, 0) is 12.0 Å². The summed E-state index contributed by atoms with van der Waals surface area (Å²) >= 11 is 12.4. The van der Waals surface area contributed by atoms with E-state index in [1.54, 1.807) is 6.07 Å². The standard InChI is InChI=1S/C15H19Cl2NO/c1-8(2)14-13(7-18-9(3)4)19-12-6-10(16)5-11(17)15(12)14/h5-6,8-9,18H,7H2,1-4H3. The van der Waals surface area contributed by atoms with Crippen molar-refractivity contribution in [3.05, 3.63) is 33.5 Å². The largest absolute Gasteiger partial charge is 0.459 e. The van der Waals surface area contributed by atoms with Crippen molar-refractivity contribution < 1.29 is 4.42 Å². The average Bonchev–Trinajstić information content (AvgIpc) is 2.64. The van der Waals surface area contributed by atoms with E-state index in [0.29, 0.717) is 28.5 Å². The molecule has 0 saturated heterocycles. The predicted octanol–water partition coefficient (Wildman–Crippen LogP) is 5.36. The highest BCUT2D eigenvalue weighted by molar-refractivity contribution is 6.38. The lowest BCUT2D eigenvalue weighted by Gasteiger charge is -2.10. The summed E-state index contributed by atoms with van der Waals surface area (Å²) in [6.45, 7) is 9.22. The molecule has 1 aromatic carbocycles. The Balaban J connectivity index is 2.57. The average molecular weight is 300 g/mol. The van der Waals surface area contributed by atoms with Crippen molar-refractivity contribution in [2.75, 3.05) is 0 Å². The van der Waals surface area contributed by atoms with Crippen LogP contribution in [0.25, 0.3) is 11.0 Å². The van der Waals surface area contributed by atoms with Crippen molar-refractivity contribution in [1.82, 2.24) is 5.32 Å². The molecule has 0 amide bonds. The molecule has 0 radical (unpaired) electrons. The molecular formula is C15H19Cl2NO. The third-order valence-electron chi connectivity index (χ3n) is 3.07. The maximum absolute atomic E-state index is 6.32. The highest BCUT2D eigenvalue weighted by Crippen LogP contribution is 2.38. The zero-order chi connectivity index (χ0) is 14.2. The minimum Gasteiger partial charge on any atom is -0.459 e. The van der Waals surface area contributed by atoms with Crippen LogP contribution in [0.5, 0.6) is 0 Å². The van der Waals surface area contributed by atoms with E-state index in [4.69, 9.17) is 27.6 Å². The van der Waals surface area contributed by atoms with Gasteiger partial charge in [-0.1, -0.05) is 50.9 Å². The Labute approximate surface area is 124 Å². The molecule has 2 nitrogen and oxygen atoms in total. The molecule has 0 unspecified atom stereocenters. The van der Waals surface area contributed by atoms with Gasteiger partial charge >= 0.3 is 0 Å². The molecule has 0 spiro atoms. The quantitative estimate of drug-likeness (QED) is 0.822. The van der Waals surface area contributed by atoms with Gasteiger partial charge in [-0.25, -0.2) is 0 Å². The van der Waals surface area contributed by atoms with E-state index in [0.717, 1.165) is 16.7 Å².